The average Bonchev–Trinajstić information content (AvgIpc) is 3.34. The molecule has 2 amide bonds. The first-order chi connectivity index (χ1) is 14.4. The number of hydrogen-bond donors (Lipinski definition) is 2. The Labute approximate surface area is 178 Å². The van der Waals surface area contributed by atoms with Crippen molar-refractivity contribution in [3.63, 3.8) is 0 Å². The number of carbonyl (C=O) groups is 3. The number of aryl methyl sites for hydroxylation is 1. The fourth-order valence-electron chi connectivity index (χ4n) is 4.74. The van der Waals surface area contributed by atoms with E-state index in [2.05, 4.69) is 10.3 Å². The third kappa shape index (κ3) is 5.24. The highest BCUT2D eigenvalue weighted by Gasteiger charge is 2.29. The summed E-state index contributed by atoms with van der Waals surface area (Å²) >= 11 is 0. The van der Waals surface area contributed by atoms with E-state index in [9.17, 15) is 14.4 Å². The number of amides is 2. The van der Waals surface area contributed by atoms with Gasteiger partial charge in [0.2, 0.25) is 11.8 Å². The lowest BCUT2D eigenvalue weighted by molar-refractivity contribution is -0.135. The summed E-state index contributed by atoms with van der Waals surface area (Å²) in [5.74, 6) is -0.0500. The van der Waals surface area contributed by atoms with Crippen molar-refractivity contribution >= 4 is 17.8 Å². The molecule has 2 aliphatic rings. The molecule has 1 saturated carbocycles. The second kappa shape index (κ2) is 10.1. The first kappa shape index (κ1) is 22.4. The molecule has 0 radical (unpaired) electrons. The first-order valence-corrected chi connectivity index (χ1v) is 11.3. The summed E-state index contributed by atoms with van der Waals surface area (Å²) in [6.07, 6.45) is 7.07. The number of piperidine rings is 1. The predicted octanol–water partition coefficient (Wildman–Crippen LogP) is 3.04. The number of rotatable bonds is 7. The zero-order chi connectivity index (χ0) is 21.7. The van der Waals surface area contributed by atoms with Crippen LogP contribution in [0.15, 0.2) is 0 Å². The molecule has 7 nitrogen and oxygen atoms in total. The smallest absolute Gasteiger partial charge is 0.355 e. The second-order valence-electron chi connectivity index (χ2n) is 8.59. The van der Waals surface area contributed by atoms with Gasteiger partial charge < -0.3 is 19.9 Å². The standard InChI is InChI=1S/C23H35N3O4/c1-4-30-23(29)21-15(2)19(16(3)24-21)9-10-20(27)26-13-11-17(12-14-26)22(28)25-18-7-5-6-8-18/h17-18,24H,4-14H2,1-3H3,(H,25,28). The third-order valence-electron chi connectivity index (χ3n) is 6.58. The Morgan fingerprint density at radius 1 is 1.10 bits per heavy atom. The van der Waals surface area contributed by atoms with Gasteiger partial charge in [-0.2, -0.15) is 0 Å². The fraction of sp³-hybridized carbons (Fsp3) is 0.696. The van der Waals surface area contributed by atoms with Gasteiger partial charge in [-0.25, -0.2) is 4.79 Å². The van der Waals surface area contributed by atoms with Crippen LogP contribution in [0.4, 0.5) is 0 Å². The molecule has 2 N–H and O–H groups in total. The SMILES string of the molecule is CCOC(=O)c1[nH]c(C)c(CCC(=O)N2CCC(C(=O)NC3CCCC3)CC2)c1C. The van der Waals surface area contributed by atoms with Crippen LogP contribution < -0.4 is 5.32 Å². The lowest BCUT2D eigenvalue weighted by Gasteiger charge is -2.32. The number of carbonyl (C=O) groups excluding carboxylic acids is 3. The molecule has 0 spiro atoms. The van der Waals surface area contributed by atoms with Crippen molar-refractivity contribution in [3.8, 4) is 0 Å². The molecular weight excluding hydrogens is 382 g/mol. The fourth-order valence-corrected chi connectivity index (χ4v) is 4.74. The highest BCUT2D eigenvalue weighted by molar-refractivity contribution is 5.90. The largest absolute Gasteiger partial charge is 0.461 e. The quantitative estimate of drug-likeness (QED) is 0.667. The van der Waals surface area contributed by atoms with E-state index in [1.54, 1.807) is 6.92 Å². The normalized spacial score (nSPS) is 17.9. The van der Waals surface area contributed by atoms with Gasteiger partial charge in [-0.05, 0) is 64.0 Å². The lowest BCUT2D eigenvalue weighted by atomic mass is 9.95. The molecule has 1 aliphatic carbocycles. The molecule has 0 aromatic carbocycles. The zero-order valence-corrected chi connectivity index (χ0v) is 18.5. The Balaban J connectivity index is 1.47. The Morgan fingerprint density at radius 2 is 1.77 bits per heavy atom. The van der Waals surface area contributed by atoms with Crippen LogP contribution in [0, 0.1) is 19.8 Å². The number of esters is 1. The average molecular weight is 418 g/mol. The van der Waals surface area contributed by atoms with E-state index in [1.807, 2.05) is 18.7 Å². The van der Waals surface area contributed by atoms with E-state index < -0.39 is 0 Å². The van der Waals surface area contributed by atoms with E-state index >= 15 is 0 Å². The molecule has 1 aliphatic heterocycles. The van der Waals surface area contributed by atoms with Crippen molar-refractivity contribution in [3.05, 3.63) is 22.5 Å². The lowest BCUT2D eigenvalue weighted by Crippen LogP contribution is -2.44. The van der Waals surface area contributed by atoms with Crippen LogP contribution >= 0.6 is 0 Å². The van der Waals surface area contributed by atoms with Crippen molar-refractivity contribution in [2.24, 2.45) is 5.92 Å². The van der Waals surface area contributed by atoms with E-state index in [0.717, 1.165) is 42.5 Å². The molecule has 2 fully saturated rings. The van der Waals surface area contributed by atoms with Gasteiger partial charge in [-0.3, -0.25) is 9.59 Å². The highest BCUT2D eigenvalue weighted by atomic mass is 16.5. The third-order valence-corrected chi connectivity index (χ3v) is 6.58. The summed E-state index contributed by atoms with van der Waals surface area (Å²) in [6.45, 7) is 7.21. The van der Waals surface area contributed by atoms with Gasteiger partial charge in [-0.15, -0.1) is 0 Å². The monoisotopic (exact) mass is 417 g/mol. The van der Waals surface area contributed by atoms with Crippen LogP contribution in [0.25, 0.3) is 0 Å². The number of aromatic amines is 1. The summed E-state index contributed by atoms with van der Waals surface area (Å²) in [5, 5.41) is 3.19. The first-order valence-electron chi connectivity index (χ1n) is 11.3. The Kier molecular flexibility index (Phi) is 7.56. The topological polar surface area (TPSA) is 91.5 Å². The van der Waals surface area contributed by atoms with Crippen LogP contribution in [0.2, 0.25) is 0 Å². The van der Waals surface area contributed by atoms with Crippen molar-refractivity contribution in [1.82, 2.24) is 15.2 Å². The minimum absolute atomic E-state index is 0.0240. The molecule has 30 heavy (non-hydrogen) atoms. The molecule has 2 heterocycles. The molecule has 166 valence electrons. The van der Waals surface area contributed by atoms with Gasteiger partial charge in [0.1, 0.15) is 5.69 Å². The zero-order valence-electron chi connectivity index (χ0n) is 18.5. The van der Waals surface area contributed by atoms with Crippen LogP contribution in [-0.4, -0.2) is 53.4 Å². The summed E-state index contributed by atoms with van der Waals surface area (Å²) in [7, 11) is 0. The number of nitrogens with one attached hydrogen (secondary N) is 2. The molecule has 0 atom stereocenters. The van der Waals surface area contributed by atoms with Gasteiger partial charge in [0, 0.05) is 37.2 Å². The molecule has 7 heteroatoms. The van der Waals surface area contributed by atoms with Gasteiger partial charge in [0.15, 0.2) is 0 Å². The van der Waals surface area contributed by atoms with E-state index in [0.29, 0.717) is 44.3 Å². The minimum atomic E-state index is -0.353. The van der Waals surface area contributed by atoms with Gasteiger partial charge in [-0.1, -0.05) is 12.8 Å². The van der Waals surface area contributed by atoms with Crippen LogP contribution in [-0.2, 0) is 20.7 Å². The van der Waals surface area contributed by atoms with Crippen LogP contribution in [0.1, 0.15) is 79.2 Å². The number of aromatic nitrogens is 1. The number of ether oxygens (including phenoxy) is 1. The molecular formula is C23H35N3O4. The summed E-state index contributed by atoms with van der Waals surface area (Å²) < 4.78 is 5.09. The van der Waals surface area contributed by atoms with Crippen molar-refractivity contribution < 1.29 is 19.1 Å². The van der Waals surface area contributed by atoms with Crippen molar-refractivity contribution in [1.29, 1.82) is 0 Å². The van der Waals surface area contributed by atoms with Gasteiger partial charge in [0.25, 0.3) is 0 Å². The molecule has 0 bridgehead atoms. The number of likely N-dealkylation sites (tertiary alicyclic amines) is 1. The number of nitrogens with zero attached hydrogens (tertiary/aromatic N) is 1. The van der Waals surface area contributed by atoms with E-state index in [1.165, 1.54) is 12.8 Å². The maximum absolute atomic E-state index is 12.7. The molecule has 1 aromatic rings. The summed E-state index contributed by atoms with van der Waals surface area (Å²) in [4.78, 5) is 42.2. The molecule has 3 rings (SSSR count). The van der Waals surface area contributed by atoms with Crippen molar-refractivity contribution in [2.45, 2.75) is 78.2 Å². The molecule has 0 unspecified atom stereocenters. The van der Waals surface area contributed by atoms with Crippen LogP contribution in [0.3, 0.4) is 0 Å². The summed E-state index contributed by atoms with van der Waals surface area (Å²) in [6, 6.07) is 0.351. The number of hydrogen-bond acceptors (Lipinski definition) is 4. The van der Waals surface area contributed by atoms with Gasteiger partial charge >= 0.3 is 5.97 Å². The van der Waals surface area contributed by atoms with E-state index in [4.69, 9.17) is 4.74 Å². The van der Waals surface area contributed by atoms with Crippen molar-refractivity contribution in [2.75, 3.05) is 19.7 Å². The maximum atomic E-state index is 12.7. The molecule has 1 aromatic heterocycles. The van der Waals surface area contributed by atoms with Crippen LogP contribution in [0.5, 0.6) is 0 Å². The predicted molar refractivity (Wildman–Crippen MR) is 114 cm³/mol. The summed E-state index contributed by atoms with van der Waals surface area (Å²) in [5.41, 5.74) is 3.26. The molecule has 1 saturated heterocycles. The maximum Gasteiger partial charge on any atom is 0.355 e. The Morgan fingerprint density at radius 3 is 2.40 bits per heavy atom. The minimum Gasteiger partial charge on any atom is -0.461 e. The second-order valence-corrected chi connectivity index (χ2v) is 8.59. The Hall–Kier alpha value is -2.31. The number of H-pyrrole nitrogens is 1. The van der Waals surface area contributed by atoms with Gasteiger partial charge in [0.05, 0.1) is 6.61 Å². The highest BCUT2D eigenvalue weighted by Crippen LogP contribution is 2.24. The Bertz CT molecular complexity index is 772. The van der Waals surface area contributed by atoms with E-state index in [-0.39, 0.29) is 23.7 Å².